The molecule has 0 spiro atoms. The predicted octanol–water partition coefficient (Wildman–Crippen LogP) is 4.98. The van der Waals surface area contributed by atoms with Gasteiger partial charge in [0.05, 0.1) is 6.20 Å². The van der Waals surface area contributed by atoms with E-state index in [2.05, 4.69) is 82.7 Å². The van der Waals surface area contributed by atoms with Crippen LogP contribution in [-0.4, -0.2) is 34.7 Å². The van der Waals surface area contributed by atoms with Crippen LogP contribution in [0.2, 0.25) is 0 Å². The molecule has 3 heteroatoms. The topological polar surface area (TPSA) is 31.9 Å². The number of nitrogens with one attached hydrogen (secondary N) is 1. The van der Waals surface area contributed by atoms with E-state index in [9.17, 15) is 0 Å². The minimum absolute atomic E-state index is 0.415. The highest BCUT2D eigenvalue weighted by Crippen LogP contribution is 2.31. The minimum atomic E-state index is 0.415. The number of hydrogen-bond acceptors (Lipinski definition) is 2. The van der Waals surface area contributed by atoms with Crippen molar-refractivity contribution in [1.82, 2.24) is 15.1 Å². The van der Waals surface area contributed by atoms with E-state index in [0.717, 1.165) is 19.5 Å². The maximum atomic E-state index is 4.31. The van der Waals surface area contributed by atoms with Crippen molar-refractivity contribution >= 4 is 0 Å². The summed E-state index contributed by atoms with van der Waals surface area (Å²) in [7, 11) is 0. The Labute approximate surface area is 162 Å². The third-order valence-electron chi connectivity index (χ3n) is 5.89. The summed E-state index contributed by atoms with van der Waals surface area (Å²) in [6.45, 7) is 5.59. The van der Waals surface area contributed by atoms with E-state index in [0.29, 0.717) is 11.8 Å². The summed E-state index contributed by atoms with van der Waals surface area (Å²) in [5.41, 5.74) is 5.55. The molecule has 1 fully saturated rings. The molecule has 0 aliphatic carbocycles. The van der Waals surface area contributed by atoms with Gasteiger partial charge in [0.2, 0.25) is 0 Å². The van der Waals surface area contributed by atoms with Crippen molar-refractivity contribution in [1.29, 1.82) is 0 Å². The summed E-state index contributed by atoms with van der Waals surface area (Å²) in [6, 6.07) is 21.9. The highest BCUT2D eigenvalue weighted by Gasteiger charge is 2.26. The fourth-order valence-electron chi connectivity index (χ4n) is 4.45. The second-order valence-electron chi connectivity index (χ2n) is 7.64. The summed E-state index contributed by atoms with van der Waals surface area (Å²) in [6.07, 6.45) is 5.57. The molecule has 1 atom stereocenters. The lowest BCUT2D eigenvalue weighted by molar-refractivity contribution is 0.200. The molecular formula is C24H29N3. The Kier molecular flexibility index (Phi) is 5.69. The van der Waals surface area contributed by atoms with Crippen LogP contribution in [0, 0.1) is 0 Å². The SMILES string of the molecule is CCc1cn[nH]c1[C@@H]1CCCN(CC(c2ccccc2)c2ccccc2)C1. The van der Waals surface area contributed by atoms with Gasteiger partial charge >= 0.3 is 0 Å². The van der Waals surface area contributed by atoms with Gasteiger partial charge in [-0.3, -0.25) is 5.10 Å². The molecule has 3 aromatic rings. The maximum Gasteiger partial charge on any atom is 0.0522 e. The van der Waals surface area contributed by atoms with Gasteiger partial charge in [0.1, 0.15) is 0 Å². The van der Waals surface area contributed by atoms with E-state index in [1.807, 2.05) is 6.20 Å². The lowest BCUT2D eigenvalue weighted by Gasteiger charge is -2.35. The van der Waals surface area contributed by atoms with E-state index in [4.69, 9.17) is 0 Å². The van der Waals surface area contributed by atoms with Crippen molar-refractivity contribution in [2.45, 2.75) is 38.0 Å². The van der Waals surface area contributed by atoms with Gasteiger partial charge in [0.25, 0.3) is 0 Å². The molecule has 1 aromatic heterocycles. The summed E-state index contributed by atoms with van der Waals surface area (Å²) in [5.74, 6) is 0.988. The molecule has 1 N–H and O–H groups in total. The van der Waals surface area contributed by atoms with Gasteiger partial charge in [-0.15, -0.1) is 0 Å². The molecule has 4 rings (SSSR count). The molecule has 2 heterocycles. The Morgan fingerprint density at radius 3 is 2.33 bits per heavy atom. The number of aromatic nitrogens is 2. The zero-order valence-corrected chi connectivity index (χ0v) is 16.1. The van der Waals surface area contributed by atoms with Crippen LogP contribution in [0.3, 0.4) is 0 Å². The van der Waals surface area contributed by atoms with Gasteiger partial charge < -0.3 is 4.90 Å². The van der Waals surface area contributed by atoms with Crippen LogP contribution >= 0.6 is 0 Å². The van der Waals surface area contributed by atoms with E-state index >= 15 is 0 Å². The summed E-state index contributed by atoms with van der Waals surface area (Å²) in [4.78, 5) is 2.65. The van der Waals surface area contributed by atoms with Crippen LogP contribution < -0.4 is 0 Å². The molecule has 0 bridgehead atoms. The number of rotatable bonds is 6. The average molecular weight is 360 g/mol. The first kappa shape index (κ1) is 18.0. The second kappa shape index (κ2) is 8.53. The fourth-order valence-corrected chi connectivity index (χ4v) is 4.45. The molecule has 3 nitrogen and oxygen atoms in total. The highest BCUT2D eigenvalue weighted by molar-refractivity contribution is 5.33. The second-order valence-corrected chi connectivity index (χ2v) is 7.64. The lowest BCUT2D eigenvalue weighted by Crippen LogP contribution is -2.37. The Hall–Kier alpha value is -2.39. The molecule has 1 saturated heterocycles. The minimum Gasteiger partial charge on any atom is -0.302 e. The molecule has 1 aliphatic rings. The number of benzene rings is 2. The van der Waals surface area contributed by atoms with Crippen LogP contribution in [0.4, 0.5) is 0 Å². The zero-order valence-electron chi connectivity index (χ0n) is 16.1. The first-order valence-corrected chi connectivity index (χ1v) is 10.2. The maximum absolute atomic E-state index is 4.31. The number of nitrogens with zero attached hydrogens (tertiary/aromatic N) is 2. The lowest BCUT2D eigenvalue weighted by atomic mass is 9.88. The zero-order chi connectivity index (χ0) is 18.5. The fraction of sp³-hybridized carbons (Fsp3) is 0.375. The molecule has 2 aromatic carbocycles. The normalized spacial score (nSPS) is 18.1. The Bertz CT molecular complexity index is 786. The smallest absolute Gasteiger partial charge is 0.0522 e. The number of aryl methyl sites for hydroxylation is 1. The largest absolute Gasteiger partial charge is 0.302 e. The number of likely N-dealkylation sites (tertiary alicyclic amines) is 1. The summed E-state index contributed by atoms with van der Waals surface area (Å²) >= 11 is 0. The average Bonchev–Trinajstić information content (AvgIpc) is 3.22. The number of H-pyrrole nitrogens is 1. The molecule has 0 amide bonds. The van der Waals surface area contributed by atoms with Crippen molar-refractivity contribution in [3.05, 3.63) is 89.2 Å². The van der Waals surface area contributed by atoms with E-state index in [-0.39, 0.29) is 0 Å². The molecule has 0 saturated carbocycles. The Morgan fingerprint density at radius 2 is 1.70 bits per heavy atom. The van der Waals surface area contributed by atoms with Crippen molar-refractivity contribution in [2.24, 2.45) is 0 Å². The van der Waals surface area contributed by atoms with Crippen molar-refractivity contribution in [3.8, 4) is 0 Å². The first-order chi connectivity index (χ1) is 13.3. The molecule has 0 unspecified atom stereocenters. The van der Waals surface area contributed by atoms with Gasteiger partial charge in [-0.2, -0.15) is 5.10 Å². The summed E-state index contributed by atoms with van der Waals surface area (Å²) < 4.78 is 0. The third-order valence-corrected chi connectivity index (χ3v) is 5.89. The van der Waals surface area contributed by atoms with E-state index < -0.39 is 0 Å². The van der Waals surface area contributed by atoms with Crippen LogP contribution in [0.15, 0.2) is 66.9 Å². The standard InChI is InChI=1S/C24H29N3/c1-2-19-16-25-26-24(19)22-14-9-15-27(17-22)18-23(20-10-5-3-6-11-20)21-12-7-4-8-13-21/h3-8,10-13,16,22-23H,2,9,14-15,17-18H2,1H3,(H,25,26)/t22-/m1/s1. The highest BCUT2D eigenvalue weighted by atomic mass is 15.2. The van der Waals surface area contributed by atoms with Crippen molar-refractivity contribution < 1.29 is 0 Å². The van der Waals surface area contributed by atoms with Gasteiger partial charge in [-0.25, -0.2) is 0 Å². The molecule has 1 aliphatic heterocycles. The Morgan fingerprint density at radius 1 is 1.04 bits per heavy atom. The van der Waals surface area contributed by atoms with Crippen LogP contribution in [-0.2, 0) is 6.42 Å². The molecule has 27 heavy (non-hydrogen) atoms. The number of piperidine rings is 1. The third kappa shape index (κ3) is 4.14. The van der Waals surface area contributed by atoms with Gasteiger partial charge in [0.15, 0.2) is 0 Å². The molecule has 0 radical (unpaired) electrons. The number of hydrogen-bond donors (Lipinski definition) is 1. The van der Waals surface area contributed by atoms with Crippen molar-refractivity contribution in [2.75, 3.05) is 19.6 Å². The van der Waals surface area contributed by atoms with Gasteiger partial charge in [-0.05, 0) is 42.5 Å². The molecular weight excluding hydrogens is 330 g/mol. The van der Waals surface area contributed by atoms with Crippen LogP contribution in [0.25, 0.3) is 0 Å². The van der Waals surface area contributed by atoms with E-state index in [1.54, 1.807) is 0 Å². The quantitative estimate of drug-likeness (QED) is 0.673. The van der Waals surface area contributed by atoms with Crippen LogP contribution in [0.1, 0.15) is 54.0 Å². The van der Waals surface area contributed by atoms with Crippen molar-refractivity contribution in [3.63, 3.8) is 0 Å². The molecule has 140 valence electrons. The monoisotopic (exact) mass is 359 g/mol. The van der Waals surface area contributed by atoms with E-state index in [1.165, 1.54) is 41.8 Å². The number of aromatic amines is 1. The van der Waals surface area contributed by atoms with Crippen LogP contribution in [0.5, 0.6) is 0 Å². The predicted molar refractivity (Wildman–Crippen MR) is 111 cm³/mol. The Balaban J connectivity index is 1.54. The summed E-state index contributed by atoms with van der Waals surface area (Å²) in [5, 5.41) is 7.59. The van der Waals surface area contributed by atoms with Gasteiger partial charge in [0, 0.05) is 30.6 Å². The first-order valence-electron chi connectivity index (χ1n) is 10.2. The van der Waals surface area contributed by atoms with Gasteiger partial charge in [-0.1, -0.05) is 67.6 Å².